The summed E-state index contributed by atoms with van der Waals surface area (Å²) in [5.74, 6) is -0.759. The Morgan fingerprint density at radius 2 is 0.624 bits per heavy atom. The Kier molecular flexibility index (Phi) is 30.0. The van der Waals surface area contributed by atoms with Gasteiger partial charge in [-0.2, -0.15) is 0 Å². The van der Waals surface area contributed by atoms with Crippen LogP contribution in [0.2, 0.25) is 0 Å². The first-order valence-corrected chi connectivity index (χ1v) is 39.8. The van der Waals surface area contributed by atoms with E-state index in [0.717, 1.165) is 169 Å². The van der Waals surface area contributed by atoms with Crippen LogP contribution >= 0.6 is 0 Å². The van der Waals surface area contributed by atoms with Crippen molar-refractivity contribution < 1.29 is 86.7 Å². The number of halogens is 3. The van der Waals surface area contributed by atoms with Crippen LogP contribution in [-0.4, -0.2) is 44.9 Å². The molecule has 12 nitrogen and oxygen atoms in total. The molecule has 9 aromatic carbocycles. The second kappa shape index (κ2) is 42.0. The molecular weight excluding hydrogens is 2090 g/mol. The molecule has 0 spiro atoms. The van der Waals surface area contributed by atoms with Gasteiger partial charge in [0.05, 0.1) is 16.7 Å². The predicted molar refractivity (Wildman–Crippen MR) is 480 cm³/mol. The van der Waals surface area contributed by atoms with E-state index < -0.39 is 0 Å². The van der Waals surface area contributed by atoms with Crippen LogP contribution in [-0.2, 0) is 73.2 Å². The number of pyridine rings is 9. The Morgan fingerprint density at radius 1 is 0.280 bits per heavy atom. The zero-order valence-electron chi connectivity index (χ0n) is 68.5. The first kappa shape index (κ1) is 89.2. The molecule has 0 bridgehead atoms. The maximum absolute atomic E-state index is 13.2. The molecule has 0 saturated heterocycles. The van der Waals surface area contributed by atoms with E-state index in [2.05, 4.69) is 132 Å². The van der Waals surface area contributed by atoms with Gasteiger partial charge < -0.3 is 43.2 Å². The van der Waals surface area contributed by atoms with E-state index in [9.17, 15) is 13.2 Å². The number of hydrogen-bond acceptors (Lipinski definition) is 12. The van der Waals surface area contributed by atoms with Crippen LogP contribution in [0.5, 0.6) is 0 Å². The van der Waals surface area contributed by atoms with Gasteiger partial charge in [0.2, 0.25) is 17.1 Å². The molecule has 0 fully saturated rings. The summed E-state index contributed by atoms with van der Waals surface area (Å²) >= 11 is 0. The molecule has 18 heteroatoms. The number of fused-ring (bicyclic) bond motifs is 9. The summed E-state index contributed by atoms with van der Waals surface area (Å²) in [5.41, 5.74) is 26.9. The van der Waals surface area contributed by atoms with E-state index in [0.29, 0.717) is 28.3 Å². The summed E-state index contributed by atoms with van der Waals surface area (Å²) in [4.78, 5) is 39.8. The van der Waals surface area contributed by atoms with Crippen molar-refractivity contribution in [3.05, 3.63) is 416 Å². The first-order chi connectivity index (χ1) is 59.7. The zero-order valence-corrected chi connectivity index (χ0v) is 75.7. The number of aromatic nitrogens is 9. The normalized spacial score (nSPS) is 10.6. The fourth-order valence-corrected chi connectivity index (χ4v) is 13.7. The quantitative estimate of drug-likeness (QED) is 0.113. The second-order valence-electron chi connectivity index (χ2n) is 28.7. The van der Waals surface area contributed by atoms with Crippen molar-refractivity contribution >= 4 is 66.2 Å². The number of nitrogens with zero attached hydrogens (tertiary/aromatic N) is 9. The molecule has 621 valence electrons. The van der Waals surface area contributed by atoms with Gasteiger partial charge in [-0.1, -0.05) is 164 Å². The standard InChI is InChI=1S/3C23H14FN2O.2C13H12N.C12H10N.3Ir/c1-14-5-11-19-18-3-2-4-20(22(18)27-23(19)26-14)21-12-8-16(13-25-21)15-6-9-17(24)10-7-15;2*1-14-5-10-19-18-3-2-4-20(22(18)27-23(19)26-14)21-13-16(11-12-25-21)15-6-8-17(24)9-7-15;2*1-2-11-6-8-12(9-7-11)13-5-3-4-10-14-13;1-10-5-7-11(8-6-10)12-4-2-3-9-13-12;;;/h3*2-3,5-13H,1H3;2*3-8,10H,2H2,1H3;2-7,9H,1H3;;;/q6*-1;;;. The third kappa shape index (κ3) is 21.6. The molecule has 12 heterocycles. The van der Waals surface area contributed by atoms with Crippen molar-refractivity contribution in [2.75, 3.05) is 0 Å². The average molecular weight is 2170 g/mol. The summed E-state index contributed by atoms with van der Waals surface area (Å²) in [6, 6.07) is 110. The van der Waals surface area contributed by atoms with Crippen molar-refractivity contribution in [2.24, 2.45) is 0 Å². The minimum Gasteiger partial charge on any atom is -0.486 e. The average Bonchev–Trinajstić information content (AvgIpc) is 1.63. The number of rotatable bonds is 11. The molecule has 0 saturated carbocycles. The Hall–Kier alpha value is -13.5. The first-order valence-electron chi connectivity index (χ1n) is 39.8. The summed E-state index contributed by atoms with van der Waals surface area (Å²) < 4.78 is 57.7. The van der Waals surface area contributed by atoms with E-state index in [4.69, 9.17) is 13.3 Å². The molecule has 125 heavy (non-hydrogen) atoms. The summed E-state index contributed by atoms with van der Waals surface area (Å²) in [7, 11) is 0. The van der Waals surface area contributed by atoms with Gasteiger partial charge in [-0.25, -0.2) is 28.1 Å². The van der Waals surface area contributed by atoms with Crippen molar-refractivity contribution in [3.63, 3.8) is 0 Å². The third-order valence-corrected chi connectivity index (χ3v) is 20.3. The van der Waals surface area contributed by atoms with Crippen molar-refractivity contribution in [2.45, 2.75) is 54.4 Å². The molecule has 0 unspecified atom stereocenters. The van der Waals surface area contributed by atoms with Crippen molar-refractivity contribution in [1.29, 1.82) is 0 Å². The van der Waals surface area contributed by atoms with Crippen LogP contribution in [0.1, 0.15) is 47.6 Å². The van der Waals surface area contributed by atoms with Crippen LogP contribution in [0, 0.1) is 81.5 Å². The van der Waals surface area contributed by atoms with E-state index in [-0.39, 0.29) is 77.8 Å². The van der Waals surface area contributed by atoms with E-state index in [1.807, 2.05) is 209 Å². The van der Waals surface area contributed by atoms with Gasteiger partial charge in [0.1, 0.15) is 17.5 Å². The molecule has 12 aromatic heterocycles. The second-order valence-corrected chi connectivity index (χ2v) is 28.7. The van der Waals surface area contributed by atoms with Crippen LogP contribution in [0.3, 0.4) is 0 Å². The molecule has 21 aromatic rings. The Bertz CT molecular complexity index is 6850. The van der Waals surface area contributed by atoms with Gasteiger partial charge in [0, 0.05) is 131 Å². The summed E-state index contributed by atoms with van der Waals surface area (Å²) in [6.07, 6.45) is 12.8. The predicted octanol–water partition coefficient (Wildman–Crippen LogP) is 26.9. The van der Waals surface area contributed by atoms with Crippen LogP contribution in [0.25, 0.3) is 167 Å². The van der Waals surface area contributed by atoms with Gasteiger partial charge in [0.15, 0.2) is 0 Å². The fraction of sp³-hybridized carbons (Fsp3) is 0.0748. The summed E-state index contributed by atoms with van der Waals surface area (Å²) in [6.45, 7) is 12.2. The van der Waals surface area contributed by atoms with Crippen molar-refractivity contribution in [1.82, 2.24) is 44.9 Å². The Balaban J connectivity index is 0.000000132. The van der Waals surface area contributed by atoms with Gasteiger partial charge in [0.25, 0.3) is 0 Å². The minimum absolute atomic E-state index is 0. The van der Waals surface area contributed by atoms with Gasteiger partial charge in [-0.15, -0.1) is 161 Å². The largest absolute Gasteiger partial charge is 0.486 e. The molecule has 0 aliphatic rings. The molecule has 0 aliphatic carbocycles. The van der Waals surface area contributed by atoms with Crippen molar-refractivity contribution in [3.8, 4) is 101 Å². The molecule has 3 radical (unpaired) electrons. The number of benzene rings is 9. The zero-order chi connectivity index (χ0) is 83.8. The minimum atomic E-state index is -0.254. The maximum Gasteiger partial charge on any atom is 0.216 e. The molecular formula is C107H76F3Ir3N9O3-6. The van der Waals surface area contributed by atoms with E-state index in [1.165, 1.54) is 53.1 Å². The number of furan rings is 3. The monoisotopic (exact) mass is 2170 g/mol. The van der Waals surface area contributed by atoms with Crippen LogP contribution in [0.4, 0.5) is 13.2 Å². The number of hydrogen-bond donors (Lipinski definition) is 0. The van der Waals surface area contributed by atoms with Gasteiger partial charge in [-0.3, -0.25) is 0 Å². The van der Waals surface area contributed by atoms with E-state index in [1.54, 1.807) is 73.6 Å². The summed E-state index contributed by atoms with van der Waals surface area (Å²) in [5, 5.41) is 5.89. The maximum atomic E-state index is 13.2. The molecule has 0 N–H and O–H groups in total. The van der Waals surface area contributed by atoms with Gasteiger partial charge >= 0.3 is 0 Å². The Labute approximate surface area is 763 Å². The SMILES string of the molecule is CCc1c[c-]c(-c2ccccn2)cc1.CCc1c[c-]c(-c2ccccn2)cc1.Cc1c[c-]c(-c2ccccn2)cc1.Cc1ccc2c(n1)oc1c(-c3cc(-c4ccc(F)cc4)ccn3)[c-]ccc12.Cc1ccc2c(n1)oc1c(-c3cc(-c4ccc(F)cc4)ccn3)[c-]ccc12.Cc1ccc2c(n1)oc1c(-c3ccc(-c4ccc(F)cc4)cn3)[c-]ccc12.[Ir].[Ir].[Ir]. The number of aryl methyl sites for hydroxylation is 6. The van der Waals surface area contributed by atoms with E-state index >= 15 is 0 Å². The molecule has 0 atom stereocenters. The molecule has 0 amide bonds. The topological polar surface area (TPSA) is 155 Å². The Morgan fingerprint density at radius 3 is 0.944 bits per heavy atom. The van der Waals surface area contributed by atoms with Crippen LogP contribution in [0.15, 0.2) is 342 Å². The van der Waals surface area contributed by atoms with Crippen LogP contribution < -0.4 is 0 Å². The third-order valence-electron chi connectivity index (χ3n) is 20.3. The smallest absolute Gasteiger partial charge is 0.216 e. The fourth-order valence-electron chi connectivity index (χ4n) is 13.7. The molecule has 21 rings (SSSR count). The molecule has 0 aliphatic heterocycles. The van der Waals surface area contributed by atoms with Gasteiger partial charge in [-0.05, 0) is 191 Å².